The second-order valence-electron chi connectivity index (χ2n) is 6.86. The number of nitrogens with zero attached hydrogens (tertiary/aromatic N) is 1. The number of carbonyl (C=O) groups is 1. The number of fused-ring (bicyclic) bond motifs is 2. The van der Waals surface area contributed by atoms with Crippen LogP contribution in [0.1, 0.15) is 35.3 Å². The minimum absolute atomic E-state index is 0.0302. The average molecular weight is 377 g/mol. The van der Waals surface area contributed by atoms with E-state index in [-0.39, 0.29) is 17.7 Å². The zero-order valence-corrected chi connectivity index (χ0v) is 14.3. The molecule has 8 heteroatoms. The lowest BCUT2D eigenvalue weighted by Gasteiger charge is -2.21. The van der Waals surface area contributed by atoms with Crippen LogP contribution < -0.4 is 15.4 Å². The van der Waals surface area contributed by atoms with Gasteiger partial charge in [0.2, 0.25) is 0 Å². The van der Waals surface area contributed by atoms with Gasteiger partial charge in [-0.1, -0.05) is 0 Å². The highest BCUT2D eigenvalue weighted by molar-refractivity contribution is 5.94. The maximum absolute atomic E-state index is 12.7. The fourth-order valence-corrected chi connectivity index (χ4v) is 3.68. The molecule has 0 aliphatic carbocycles. The number of nitrogens with one attached hydrogen (secondary N) is 2. The van der Waals surface area contributed by atoms with Crippen LogP contribution in [0.3, 0.4) is 0 Å². The molecule has 5 nitrogen and oxygen atoms in total. The maximum Gasteiger partial charge on any atom is 0.433 e. The molecule has 3 unspecified atom stereocenters. The Morgan fingerprint density at radius 1 is 1.15 bits per heavy atom. The molecule has 0 spiro atoms. The van der Waals surface area contributed by atoms with Crippen molar-refractivity contribution in [3.8, 4) is 11.5 Å². The average Bonchev–Trinajstić information content (AvgIpc) is 3.25. The van der Waals surface area contributed by atoms with Crippen LogP contribution in [-0.4, -0.2) is 29.0 Å². The van der Waals surface area contributed by atoms with Gasteiger partial charge in [-0.15, -0.1) is 0 Å². The van der Waals surface area contributed by atoms with E-state index in [1.54, 1.807) is 24.3 Å². The normalized spacial score (nSPS) is 24.0. The molecule has 2 bridgehead atoms. The van der Waals surface area contributed by atoms with Gasteiger partial charge in [0, 0.05) is 36.0 Å². The first kappa shape index (κ1) is 17.8. The Bertz CT molecular complexity index is 839. The molecule has 3 atom stereocenters. The van der Waals surface area contributed by atoms with Gasteiger partial charge in [-0.25, -0.2) is 0 Å². The molecule has 2 N–H and O–H groups in total. The fourth-order valence-electron chi connectivity index (χ4n) is 3.68. The van der Waals surface area contributed by atoms with Crippen LogP contribution in [0, 0.1) is 0 Å². The summed E-state index contributed by atoms with van der Waals surface area (Å²) in [5.41, 5.74) is -0.536. The largest absolute Gasteiger partial charge is 0.457 e. The topological polar surface area (TPSA) is 63.2 Å². The molecular formula is C19H18F3N3O2. The van der Waals surface area contributed by atoms with Crippen LogP contribution in [0.25, 0.3) is 0 Å². The number of hydrogen-bond acceptors (Lipinski definition) is 4. The van der Waals surface area contributed by atoms with Crippen molar-refractivity contribution in [2.75, 3.05) is 0 Å². The summed E-state index contributed by atoms with van der Waals surface area (Å²) < 4.78 is 43.6. The van der Waals surface area contributed by atoms with Crippen molar-refractivity contribution >= 4 is 5.91 Å². The molecular weight excluding hydrogens is 359 g/mol. The van der Waals surface area contributed by atoms with Crippen molar-refractivity contribution in [2.24, 2.45) is 0 Å². The SMILES string of the molecule is O=C(NC1CC2CCC1N2)c1ccc(Oc2ccnc(C(F)(F)F)c2)cc1. The monoisotopic (exact) mass is 377 g/mol. The predicted molar refractivity (Wildman–Crippen MR) is 91.6 cm³/mol. The molecule has 1 amide bonds. The molecule has 2 aliphatic heterocycles. The van der Waals surface area contributed by atoms with Crippen molar-refractivity contribution in [1.29, 1.82) is 0 Å². The molecule has 3 heterocycles. The molecule has 2 aromatic rings. The van der Waals surface area contributed by atoms with E-state index in [9.17, 15) is 18.0 Å². The Balaban J connectivity index is 1.39. The molecule has 0 radical (unpaired) electrons. The van der Waals surface area contributed by atoms with Crippen molar-refractivity contribution in [2.45, 2.75) is 43.6 Å². The zero-order valence-electron chi connectivity index (χ0n) is 14.3. The number of hydrogen-bond donors (Lipinski definition) is 2. The number of benzene rings is 1. The van der Waals surface area contributed by atoms with E-state index in [0.717, 1.165) is 31.5 Å². The number of alkyl halides is 3. The van der Waals surface area contributed by atoms with Gasteiger partial charge in [0.25, 0.3) is 5.91 Å². The highest BCUT2D eigenvalue weighted by Crippen LogP contribution is 2.31. The van der Waals surface area contributed by atoms with Crippen LogP contribution in [0.2, 0.25) is 0 Å². The Morgan fingerprint density at radius 3 is 2.56 bits per heavy atom. The van der Waals surface area contributed by atoms with Crippen LogP contribution >= 0.6 is 0 Å². The summed E-state index contributed by atoms with van der Waals surface area (Å²) in [5.74, 6) is 0.208. The summed E-state index contributed by atoms with van der Waals surface area (Å²) in [4.78, 5) is 15.7. The van der Waals surface area contributed by atoms with Crippen LogP contribution in [0.5, 0.6) is 11.5 Å². The molecule has 27 heavy (non-hydrogen) atoms. The van der Waals surface area contributed by atoms with Gasteiger partial charge in [0.15, 0.2) is 0 Å². The molecule has 0 saturated carbocycles. The first-order valence-corrected chi connectivity index (χ1v) is 8.76. The number of carbonyl (C=O) groups excluding carboxylic acids is 1. The van der Waals surface area contributed by atoms with Gasteiger partial charge in [-0.2, -0.15) is 13.2 Å². The van der Waals surface area contributed by atoms with Crippen LogP contribution in [-0.2, 0) is 6.18 Å². The van der Waals surface area contributed by atoms with Gasteiger partial charge in [0.1, 0.15) is 17.2 Å². The summed E-state index contributed by atoms with van der Waals surface area (Å²) in [7, 11) is 0. The van der Waals surface area contributed by atoms with E-state index in [2.05, 4.69) is 15.6 Å². The van der Waals surface area contributed by atoms with E-state index < -0.39 is 11.9 Å². The highest BCUT2D eigenvalue weighted by atomic mass is 19.4. The summed E-state index contributed by atoms with van der Waals surface area (Å²) in [5, 5.41) is 6.51. The number of halogens is 3. The number of pyridine rings is 1. The maximum atomic E-state index is 12.7. The molecule has 2 fully saturated rings. The lowest BCUT2D eigenvalue weighted by Crippen LogP contribution is -2.42. The third-order valence-corrected chi connectivity index (χ3v) is 4.99. The standard InChI is InChI=1S/C19H18F3N3O2/c20-19(21,22)17-10-14(7-8-23-17)27-13-4-1-11(2-5-13)18(26)25-16-9-12-3-6-15(16)24-12/h1-2,4-5,7-8,10,12,15-16,24H,3,6,9H2,(H,25,26). The van der Waals surface area contributed by atoms with Crippen molar-refractivity contribution in [3.63, 3.8) is 0 Å². The second kappa shape index (κ2) is 6.84. The Morgan fingerprint density at radius 2 is 1.93 bits per heavy atom. The third kappa shape index (κ3) is 3.90. The van der Waals surface area contributed by atoms with E-state index in [1.807, 2.05) is 0 Å². The number of amides is 1. The van der Waals surface area contributed by atoms with Crippen molar-refractivity contribution < 1.29 is 22.7 Å². The van der Waals surface area contributed by atoms with Crippen LogP contribution in [0.15, 0.2) is 42.6 Å². The van der Waals surface area contributed by atoms with Crippen molar-refractivity contribution in [1.82, 2.24) is 15.6 Å². The van der Waals surface area contributed by atoms with E-state index >= 15 is 0 Å². The quantitative estimate of drug-likeness (QED) is 0.856. The van der Waals surface area contributed by atoms with E-state index in [1.165, 1.54) is 6.07 Å². The van der Waals surface area contributed by atoms with E-state index in [0.29, 0.717) is 23.4 Å². The van der Waals surface area contributed by atoms with Gasteiger partial charge < -0.3 is 15.4 Å². The van der Waals surface area contributed by atoms with Gasteiger partial charge in [-0.05, 0) is 49.6 Å². The van der Waals surface area contributed by atoms with Crippen molar-refractivity contribution in [3.05, 3.63) is 53.9 Å². The molecule has 4 rings (SSSR count). The first-order chi connectivity index (χ1) is 12.9. The number of rotatable bonds is 4. The summed E-state index contributed by atoms with van der Waals surface area (Å²) in [6.07, 6.45) is -0.303. The minimum Gasteiger partial charge on any atom is -0.457 e. The summed E-state index contributed by atoms with van der Waals surface area (Å²) in [6, 6.07) is 9.47. The fraction of sp³-hybridized carbons (Fsp3) is 0.368. The smallest absolute Gasteiger partial charge is 0.433 e. The lowest BCUT2D eigenvalue weighted by atomic mass is 9.95. The number of aromatic nitrogens is 1. The van der Waals surface area contributed by atoms with Crippen LogP contribution in [0.4, 0.5) is 13.2 Å². The van der Waals surface area contributed by atoms with E-state index in [4.69, 9.17) is 4.74 Å². The molecule has 1 aromatic heterocycles. The first-order valence-electron chi connectivity index (χ1n) is 8.76. The highest BCUT2D eigenvalue weighted by Gasteiger charge is 2.39. The molecule has 2 aliphatic rings. The third-order valence-electron chi connectivity index (χ3n) is 4.99. The zero-order chi connectivity index (χ0) is 19.0. The Hall–Kier alpha value is -2.61. The molecule has 142 valence electrons. The predicted octanol–water partition coefficient (Wildman–Crippen LogP) is 3.52. The Kier molecular flexibility index (Phi) is 4.51. The minimum atomic E-state index is -4.53. The molecule has 2 saturated heterocycles. The molecule has 1 aromatic carbocycles. The summed E-state index contributed by atoms with van der Waals surface area (Å²) in [6.45, 7) is 0. The second-order valence-corrected chi connectivity index (χ2v) is 6.86. The van der Waals surface area contributed by atoms with Gasteiger partial charge in [-0.3, -0.25) is 9.78 Å². The van der Waals surface area contributed by atoms with Gasteiger partial charge in [0.05, 0.1) is 0 Å². The Labute approximate surface area is 153 Å². The van der Waals surface area contributed by atoms with Gasteiger partial charge >= 0.3 is 6.18 Å². The lowest BCUT2D eigenvalue weighted by molar-refractivity contribution is -0.141. The number of ether oxygens (including phenoxy) is 1. The summed E-state index contributed by atoms with van der Waals surface area (Å²) >= 11 is 0.